The Kier molecular flexibility index (Phi) is 4.20. The van der Waals surface area contributed by atoms with Gasteiger partial charge in [-0.1, -0.05) is 30.3 Å². The van der Waals surface area contributed by atoms with Crippen molar-refractivity contribution in [3.05, 3.63) is 59.4 Å². The molecule has 2 aromatic carbocycles. The van der Waals surface area contributed by atoms with Crippen molar-refractivity contribution in [2.75, 3.05) is 0 Å². The highest BCUT2D eigenvalue weighted by atomic mass is 19.1. The van der Waals surface area contributed by atoms with Gasteiger partial charge in [0.05, 0.1) is 5.56 Å². The molecule has 112 valence electrons. The molecule has 22 heavy (non-hydrogen) atoms. The predicted molar refractivity (Wildman–Crippen MR) is 82.7 cm³/mol. The summed E-state index contributed by atoms with van der Waals surface area (Å²) >= 11 is 0. The van der Waals surface area contributed by atoms with Gasteiger partial charge in [-0.25, -0.2) is 8.78 Å². The van der Waals surface area contributed by atoms with Crippen molar-refractivity contribution < 1.29 is 8.78 Å². The van der Waals surface area contributed by atoms with Crippen molar-refractivity contribution >= 4 is 0 Å². The van der Waals surface area contributed by atoms with Crippen LogP contribution in [0.15, 0.2) is 42.5 Å². The van der Waals surface area contributed by atoms with Crippen LogP contribution in [0.2, 0.25) is 0 Å². The Bertz CT molecular complexity index is 692. The fourth-order valence-corrected chi connectivity index (χ4v) is 3.12. The van der Waals surface area contributed by atoms with Crippen molar-refractivity contribution in [3.8, 4) is 17.2 Å². The van der Waals surface area contributed by atoms with Gasteiger partial charge in [-0.3, -0.25) is 0 Å². The molecule has 0 aromatic heterocycles. The van der Waals surface area contributed by atoms with Gasteiger partial charge in [0.2, 0.25) is 0 Å². The molecule has 1 saturated carbocycles. The number of benzene rings is 2. The lowest BCUT2D eigenvalue weighted by Crippen LogP contribution is -2.13. The van der Waals surface area contributed by atoms with Crippen LogP contribution in [0.25, 0.3) is 11.1 Å². The highest BCUT2D eigenvalue weighted by molar-refractivity contribution is 5.64. The molecule has 0 heterocycles. The van der Waals surface area contributed by atoms with E-state index in [2.05, 4.69) is 12.1 Å². The second-order valence-electron chi connectivity index (χ2n) is 5.88. The van der Waals surface area contributed by atoms with Gasteiger partial charge in [-0.05, 0) is 60.4 Å². The van der Waals surface area contributed by atoms with E-state index in [-0.39, 0.29) is 5.56 Å². The van der Waals surface area contributed by atoms with Crippen molar-refractivity contribution in [1.82, 2.24) is 0 Å². The molecule has 0 spiro atoms. The molecule has 0 N–H and O–H groups in total. The summed E-state index contributed by atoms with van der Waals surface area (Å²) < 4.78 is 26.9. The van der Waals surface area contributed by atoms with E-state index in [1.54, 1.807) is 6.07 Å². The number of nitrogens with zero attached hydrogens (tertiary/aromatic N) is 1. The molecule has 1 fully saturated rings. The van der Waals surface area contributed by atoms with Gasteiger partial charge >= 0.3 is 0 Å². The highest BCUT2D eigenvalue weighted by Gasteiger charge is 2.21. The van der Waals surface area contributed by atoms with Crippen LogP contribution in [-0.4, -0.2) is 6.17 Å². The minimum absolute atomic E-state index is 0.0587. The quantitative estimate of drug-likeness (QED) is 0.732. The van der Waals surface area contributed by atoms with Gasteiger partial charge in [0.25, 0.3) is 0 Å². The van der Waals surface area contributed by atoms with E-state index in [1.807, 2.05) is 18.2 Å². The molecule has 1 aliphatic rings. The third-order valence-electron chi connectivity index (χ3n) is 4.46. The van der Waals surface area contributed by atoms with E-state index in [0.29, 0.717) is 18.8 Å². The lowest BCUT2D eigenvalue weighted by atomic mass is 9.83. The average Bonchev–Trinajstić information content (AvgIpc) is 2.56. The van der Waals surface area contributed by atoms with Crippen LogP contribution in [0.1, 0.15) is 42.7 Å². The molecule has 2 aromatic rings. The normalized spacial score (nSPS) is 21.3. The summed E-state index contributed by atoms with van der Waals surface area (Å²) in [6.07, 6.45) is 2.44. The molecular weight excluding hydrogens is 280 g/mol. The molecule has 0 unspecified atom stereocenters. The average molecular weight is 297 g/mol. The first kappa shape index (κ1) is 14.7. The maximum atomic E-state index is 13.7. The molecule has 3 heteroatoms. The lowest BCUT2D eigenvalue weighted by Gasteiger charge is -2.24. The zero-order valence-corrected chi connectivity index (χ0v) is 12.2. The summed E-state index contributed by atoms with van der Waals surface area (Å²) in [6, 6.07) is 14.5. The van der Waals surface area contributed by atoms with Gasteiger partial charge < -0.3 is 0 Å². The maximum absolute atomic E-state index is 13.7. The molecule has 0 aliphatic heterocycles. The van der Waals surface area contributed by atoms with Crippen molar-refractivity contribution in [3.63, 3.8) is 0 Å². The van der Waals surface area contributed by atoms with Gasteiger partial charge in [0.15, 0.2) is 0 Å². The van der Waals surface area contributed by atoms with E-state index in [4.69, 9.17) is 5.26 Å². The first-order valence-corrected chi connectivity index (χ1v) is 7.61. The first-order chi connectivity index (χ1) is 10.7. The maximum Gasteiger partial charge on any atom is 0.141 e. The molecule has 0 radical (unpaired) electrons. The number of nitriles is 1. The molecule has 0 amide bonds. The van der Waals surface area contributed by atoms with Gasteiger partial charge in [-0.15, -0.1) is 0 Å². The summed E-state index contributed by atoms with van der Waals surface area (Å²) in [5.41, 5.74) is 2.97. The number of hydrogen-bond donors (Lipinski definition) is 0. The van der Waals surface area contributed by atoms with Gasteiger partial charge in [0, 0.05) is 0 Å². The van der Waals surface area contributed by atoms with Gasteiger partial charge in [-0.2, -0.15) is 5.26 Å². The fourth-order valence-electron chi connectivity index (χ4n) is 3.12. The van der Waals surface area contributed by atoms with Crippen molar-refractivity contribution in [2.24, 2.45) is 0 Å². The Morgan fingerprint density at radius 2 is 1.55 bits per heavy atom. The minimum atomic E-state index is -0.642. The van der Waals surface area contributed by atoms with Gasteiger partial charge in [0.1, 0.15) is 18.1 Å². The number of hydrogen-bond acceptors (Lipinski definition) is 1. The van der Waals surface area contributed by atoms with E-state index < -0.39 is 12.0 Å². The van der Waals surface area contributed by atoms with E-state index in [1.165, 1.54) is 17.7 Å². The SMILES string of the molecule is N#Cc1ccc(-c2ccc(C3CCC(F)CC3)cc2)cc1F. The Labute approximate surface area is 129 Å². The van der Waals surface area contributed by atoms with Crippen molar-refractivity contribution in [1.29, 1.82) is 5.26 Å². The van der Waals surface area contributed by atoms with Crippen LogP contribution in [0, 0.1) is 17.1 Å². The Balaban J connectivity index is 1.79. The third kappa shape index (κ3) is 3.01. The Morgan fingerprint density at radius 3 is 2.14 bits per heavy atom. The summed E-state index contributed by atoms with van der Waals surface area (Å²) in [5.74, 6) is -0.0657. The largest absolute Gasteiger partial charge is 0.247 e. The predicted octanol–water partition coefficient (Wildman–Crippen LogP) is 5.36. The van der Waals surface area contributed by atoms with Crippen LogP contribution in [0.4, 0.5) is 8.78 Å². The fraction of sp³-hybridized carbons (Fsp3) is 0.316. The van der Waals surface area contributed by atoms with Crippen LogP contribution >= 0.6 is 0 Å². The Morgan fingerprint density at radius 1 is 0.909 bits per heavy atom. The molecule has 0 bridgehead atoms. The number of alkyl halides is 1. The minimum Gasteiger partial charge on any atom is -0.247 e. The Hall–Kier alpha value is -2.21. The molecular formula is C19H17F2N. The summed E-state index contributed by atoms with van der Waals surface area (Å²) in [6.45, 7) is 0. The monoisotopic (exact) mass is 297 g/mol. The van der Waals surface area contributed by atoms with Crippen LogP contribution < -0.4 is 0 Å². The summed E-state index contributed by atoms with van der Waals surface area (Å²) in [7, 11) is 0. The van der Waals surface area contributed by atoms with Crippen LogP contribution in [0.5, 0.6) is 0 Å². The van der Waals surface area contributed by atoms with E-state index >= 15 is 0 Å². The zero-order valence-electron chi connectivity index (χ0n) is 12.2. The molecule has 0 saturated heterocycles. The van der Waals surface area contributed by atoms with Crippen molar-refractivity contribution in [2.45, 2.75) is 37.8 Å². The van der Waals surface area contributed by atoms with Crippen LogP contribution in [0.3, 0.4) is 0 Å². The highest BCUT2D eigenvalue weighted by Crippen LogP contribution is 2.35. The second kappa shape index (κ2) is 6.27. The first-order valence-electron chi connectivity index (χ1n) is 7.61. The van der Waals surface area contributed by atoms with E-state index in [0.717, 1.165) is 24.0 Å². The van der Waals surface area contributed by atoms with E-state index in [9.17, 15) is 8.78 Å². The molecule has 0 atom stereocenters. The number of rotatable bonds is 2. The lowest BCUT2D eigenvalue weighted by molar-refractivity contribution is 0.235. The molecule has 1 nitrogen and oxygen atoms in total. The number of halogens is 2. The summed E-state index contributed by atoms with van der Waals surface area (Å²) in [5, 5.41) is 8.76. The van der Waals surface area contributed by atoms with Crippen LogP contribution in [-0.2, 0) is 0 Å². The molecule has 1 aliphatic carbocycles. The zero-order chi connectivity index (χ0) is 15.5. The molecule has 3 rings (SSSR count). The topological polar surface area (TPSA) is 23.8 Å². The smallest absolute Gasteiger partial charge is 0.141 e. The summed E-state index contributed by atoms with van der Waals surface area (Å²) in [4.78, 5) is 0. The standard InChI is InChI=1S/C19H17F2N/c20-18-9-7-14(8-10-18)13-1-3-15(4-2-13)16-5-6-17(12-22)19(21)11-16/h1-6,11,14,18H,7-10H2. The second-order valence-corrected chi connectivity index (χ2v) is 5.88. The third-order valence-corrected chi connectivity index (χ3v) is 4.46.